The van der Waals surface area contributed by atoms with E-state index in [0.717, 1.165) is 33.6 Å². The average Bonchev–Trinajstić information content (AvgIpc) is 2.80. The van der Waals surface area contributed by atoms with Gasteiger partial charge < -0.3 is 9.80 Å². The third-order valence-corrected chi connectivity index (χ3v) is 7.81. The number of carbonyl (C=O) groups excluding carboxylic acids is 1. The van der Waals surface area contributed by atoms with Crippen LogP contribution in [0.15, 0.2) is 72.2 Å². The number of hydrogen-bond acceptors (Lipinski definition) is 3. The largest absolute Gasteiger partial charge is 0.454 e. The number of allylic oxidation sites excluding steroid dienone is 3. The fourth-order valence-electron chi connectivity index (χ4n) is 4.89. The van der Waals surface area contributed by atoms with E-state index in [1.807, 2.05) is 19.1 Å². The van der Waals surface area contributed by atoms with E-state index in [9.17, 15) is 18.0 Å². The van der Waals surface area contributed by atoms with Crippen LogP contribution in [0.4, 0.5) is 24.5 Å². The normalized spacial score (nSPS) is 19.0. The van der Waals surface area contributed by atoms with Crippen LogP contribution in [-0.2, 0) is 4.79 Å². The number of alkyl halides is 3. The summed E-state index contributed by atoms with van der Waals surface area (Å²) in [6, 6.07) is 12.3. The maximum absolute atomic E-state index is 13.2. The lowest BCUT2D eigenvalue weighted by Gasteiger charge is -2.37. The second-order valence-corrected chi connectivity index (χ2v) is 11.5. The van der Waals surface area contributed by atoms with Crippen molar-refractivity contribution in [1.82, 2.24) is 0 Å². The van der Waals surface area contributed by atoms with E-state index in [1.165, 1.54) is 11.8 Å². The number of aryl methyl sites for hydroxylation is 2. The fraction of sp³-hybridized carbons (Fsp3) is 0.387. The van der Waals surface area contributed by atoms with Gasteiger partial charge in [0.1, 0.15) is 0 Å². The summed E-state index contributed by atoms with van der Waals surface area (Å²) < 4.78 is 39.7. The van der Waals surface area contributed by atoms with E-state index in [2.05, 4.69) is 75.3 Å². The molecule has 37 heavy (non-hydrogen) atoms. The van der Waals surface area contributed by atoms with Gasteiger partial charge in [0.15, 0.2) is 0 Å². The molecule has 0 atom stereocenters. The van der Waals surface area contributed by atoms with E-state index in [-0.39, 0.29) is 11.0 Å². The summed E-state index contributed by atoms with van der Waals surface area (Å²) >= 11 is 0. The summed E-state index contributed by atoms with van der Waals surface area (Å²) in [5.41, 5.74) is 6.42. The number of anilines is 2. The number of nitrogens with zero attached hydrogens (tertiary/aromatic N) is 2. The van der Waals surface area contributed by atoms with Gasteiger partial charge in [0, 0.05) is 47.5 Å². The molecular weight excluding hydrogens is 473 g/mol. The van der Waals surface area contributed by atoms with Gasteiger partial charge in [-0.1, -0.05) is 45.9 Å². The lowest BCUT2D eigenvalue weighted by atomic mass is 9.77. The van der Waals surface area contributed by atoms with Gasteiger partial charge in [-0.2, -0.15) is 13.2 Å². The average molecular weight is 509 g/mol. The molecule has 0 aromatic heterocycles. The van der Waals surface area contributed by atoms with E-state index in [1.54, 1.807) is 18.7 Å². The number of hydrogen-bond donors (Lipinski definition) is 0. The van der Waals surface area contributed by atoms with Gasteiger partial charge in [-0.25, -0.2) is 0 Å². The molecule has 0 saturated heterocycles. The van der Waals surface area contributed by atoms with Gasteiger partial charge in [0.25, 0.3) is 5.78 Å². The van der Waals surface area contributed by atoms with Crippen LogP contribution in [0.3, 0.4) is 0 Å². The van der Waals surface area contributed by atoms with Crippen LogP contribution in [0.1, 0.15) is 52.2 Å². The minimum Gasteiger partial charge on any atom is -0.347 e. The van der Waals surface area contributed by atoms with Gasteiger partial charge in [-0.15, -0.1) is 0 Å². The monoisotopic (exact) mass is 508 g/mol. The molecule has 0 bridgehead atoms. The maximum atomic E-state index is 13.2. The molecule has 0 aliphatic carbocycles. The Hall–Kier alpha value is -3.28. The standard InChI is InChI=1S/C31H35F3N2O/c1-20-16-23(8-10-26(20)35-14-12-29(4,5)22(3)18-35)24-9-11-27(21(2)17-24)36-15-13-30(6,7)25(19-36)28(37)31(32,33)34/h8-12,14,16-19H,13,15H2,1-7H3. The van der Waals surface area contributed by atoms with Crippen molar-refractivity contribution in [2.45, 2.75) is 61.1 Å². The lowest BCUT2D eigenvalue weighted by molar-refractivity contribution is -0.167. The highest BCUT2D eigenvalue weighted by atomic mass is 19.4. The minimum absolute atomic E-state index is 0.0454. The second kappa shape index (κ2) is 9.23. The number of Topliss-reactive ketones (excluding diaryl/α,β-unsaturated/α-hetero) is 1. The number of carbonyl (C=O) groups is 1. The highest BCUT2D eigenvalue weighted by Crippen LogP contribution is 2.41. The Morgan fingerprint density at radius 3 is 1.95 bits per heavy atom. The third-order valence-electron chi connectivity index (χ3n) is 7.81. The molecule has 2 aliphatic rings. The number of halogens is 3. The molecule has 2 heterocycles. The van der Waals surface area contributed by atoms with Crippen LogP contribution < -0.4 is 9.80 Å². The van der Waals surface area contributed by atoms with E-state index in [0.29, 0.717) is 13.0 Å². The molecule has 0 amide bonds. The molecule has 0 fully saturated rings. The zero-order chi connectivity index (χ0) is 27.3. The summed E-state index contributed by atoms with van der Waals surface area (Å²) in [6.07, 6.45) is 3.46. The van der Waals surface area contributed by atoms with Crippen molar-refractivity contribution in [2.24, 2.45) is 10.8 Å². The Bertz CT molecular complexity index is 1330. The van der Waals surface area contributed by atoms with Crippen LogP contribution in [-0.4, -0.2) is 18.5 Å². The molecule has 6 heteroatoms. The first kappa shape index (κ1) is 26.8. The SMILES string of the molecule is CC1=CN(c2ccc(-c3ccc(N4C=C(C(=O)C(F)(F)F)C(C)(C)CC4)c(C)c3)cc2C)C=CC1(C)C. The second-order valence-electron chi connectivity index (χ2n) is 11.5. The van der Waals surface area contributed by atoms with Crippen molar-refractivity contribution in [1.29, 1.82) is 0 Å². The molecular formula is C31H35F3N2O. The molecule has 2 aliphatic heterocycles. The zero-order valence-corrected chi connectivity index (χ0v) is 22.6. The molecule has 3 nitrogen and oxygen atoms in total. The van der Waals surface area contributed by atoms with E-state index in [4.69, 9.17) is 0 Å². The summed E-state index contributed by atoms with van der Waals surface area (Å²) in [6.45, 7) is 14.5. The topological polar surface area (TPSA) is 23.6 Å². The van der Waals surface area contributed by atoms with Gasteiger partial charge in [-0.05, 0) is 84.7 Å². The maximum Gasteiger partial charge on any atom is 0.454 e. The molecule has 0 spiro atoms. The van der Waals surface area contributed by atoms with Crippen molar-refractivity contribution >= 4 is 17.2 Å². The van der Waals surface area contributed by atoms with Crippen molar-refractivity contribution in [3.63, 3.8) is 0 Å². The summed E-state index contributed by atoms with van der Waals surface area (Å²) in [5.74, 6) is -1.76. The molecule has 2 aromatic carbocycles. The summed E-state index contributed by atoms with van der Waals surface area (Å²) in [7, 11) is 0. The molecule has 0 unspecified atom stereocenters. The van der Waals surface area contributed by atoms with Gasteiger partial charge in [-0.3, -0.25) is 4.79 Å². The molecule has 196 valence electrons. The van der Waals surface area contributed by atoms with Crippen molar-refractivity contribution in [3.8, 4) is 11.1 Å². The quantitative estimate of drug-likeness (QED) is 0.414. The lowest BCUT2D eigenvalue weighted by Crippen LogP contribution is -2.39. The highest BCUT2D eigenvalue weighted by Gasteiger charge is 2.46. The predicted molar refractivity (Wildman–Crippen MR) is 145 cm³/mol. The van der Waals surface area contributed by atoms with Gasteiger partial charge in [0.05, 0.1) is 0 Å². The predicted octanol–water partition coefficient (Wildman–Crippen LogP) is 8.49. The van der Waals surface area contributed by atoms with Gasteiger partial charge in [0.2, 0.25) is 0 Å². The van der Waals surface area contributed by atoms with Crippen molar-refractivity contribution in [3.05, 3.63) is 83.3 Å². The molecule has 0 N–H and O–H groups in total. The molecule has 4 rings (SSSR count). The minimum atomic E-state index is -4.89. The first-order valence-corrected chi connectivity index (χ1v) is 12.6. The van der Waals surface area contributed by atoms with Crippen LogP contribution in [0, 0.1) is 24.7 Å². The Morgan fingerprint density at radius 2 is 1.43 bits per heavy atom. The summed E-state index contributed by atoms with van der Waals surface area (Å²) in [5, 5.41) is 0. The van der Waals surface area contributed by atoms with Crippen LogP contribution in [0.2, 0.25) is 0 Å². The van der Waals surface area contributed by atoms with Crippen LogP contribution in [0.25, 0.3) is 11.1 Å². The fourth-order valence-corrected chi connectivity index (χ4v) is 4.89. The number of rotatable bonds is 4. The van der Waals surface area contributed by atoms with E-state index >= 15 is 0 Å². The smallest absolute Gasteiger partial charge is 0.347 e. The van der Waals surface area contributed by atoms with Gasteiger partial charge >= 0.3 is 6.18 Å². The molecule has 2 aromatic rings. The summed E-state index contributed by atoms with van der Waals surface area (Å²) in [4.78, 5) is 16.1. The first-order chi connectivity index (χ1) is 17.1. The zero-order valence-electron chi connectivity index (χ0n) is 22.6. The Balaban J connectivity index is 1.62. The van der Waals surface area contributed by atoms with E-state index < -0.39 is 17.4 Å². The number of ketones is 1. The molecule has 0 saturated carbocycles. The van der Waals surface area contributed by atoms with Crippen molar-refractivity contribution in [2.75, 3.05) is 16.3 Å². The first-order valence-electron chi connectivity index (χ1n) is 12.6. The van der Waals surface area contributed by atoms with Crippen molar-refractivity contribution < 1.29 is 18.0 Å². The third kappa shape index (κ3) is 5.25. The molecule has 0 radical (unpaired) electrons. The highest BCUT2D eigenvalue weighted by molar-refractivity contribution is 6.01. The Kier molecular flexibility index (Phi) is 6.68. The number of benzene rings is 2. The van der Waals surface area contributed by atoms with Crippen LogP contribution in [0.5, 0.6) is 0 Å². The Morgan fingerprint density at radius 1 is 0.865 bits per heavy atom. The Labute approximate surface area is 218 Å². The van der Waals surface area contributed by atoms with Crippen LogP contribution >= 0.6 is 0 Å².